The number of aliphatic hydroxyl groups excluding tert-OH is 2. The number of halogens is 5. The van der Waals surface area contributed by atoms with E-state index in [1.807, 2.05) is 13.8 Å². The number of aryl methyl sites for hydroxylation is 3. The number of Topliss-reactive ketones (excluding diaryl/α,β-unsaturated/α-hetero) is 1. The van der Waals surface area contributed by atoms with E-state index in [0.29, 0.717) is 23.0 Å². The number of hydrazine groups is 4. The van der Waals surface area contributed by atoms with Crippen molar-refractivity contribution in [2.75, 3.05) is 113 Å². The van der Waals surface area contributed by atoms with Crippen molar-refractivity contribution in [3.63, 3.8) is 0 Å². The van der Waals surface area contributed by atoms with Crippen LogP contribution < -0.4 is 76.9 Å². The number of ether oxygens (including phenoxy) is 9. The number of carbonyl (C=O) groups excluding carboxylic acids is 4. The minimum Gasteiger partial charge on any atom is -0.468 e. The Labute approximate surface area is 601 Å². The highest BCUT2D eigenvalue weighted by Gasteiger charge is 2.17. The van der Waals surface area contributed by atoms with Crippen LogP contribution in [0.5, 0.6) is 18.0 Å². The average molecular weight is 1530 g/mol. The van der Waals surface area contributed by atoms with Gasteiger partial charge in [0.05, 0.1) is 85.4 Å². The van der Waals surface area contributed by atoms with Crippen LogP contribution in [0, 0.1) is 47.8 Å². The molecule has 21 N–H and O–H groups in total. The highest BCUT2D eigenvalue weighted by Crippen LogP contribution is 2.18. The van der Waals surface area contributed by atoms with Crippen LogP contribution in [0.15, 0.2) is 30.0 Å². The van der Waals surface area contributed by atoms with Crippen molar-refractivity contribution in [3.8, 4) is 48.1 Å². The Bertz CT molecular complexity index is 3470. The van der Waals surface area contributed by atoms with Gasteiger partial charge in [0.15, 0.2) is 0 Å². The Morgan fingerprint density at radius 3 is 1.22 bits per heavy atom. The summed E-state index contributed by atoms with van der Waals surface area (Å²) >= 11 is 26.8. The molecular formula is C49H77Cl5N32O15. The molecule has 0 spiro atoms. The van der Waals surface area contributed by atoms with E-state index in [9.17, 15) is 19.2 Å². The average Bonchev–Trinajstić information content (AvgIpc) is 1.71. The van der Waals surface area contributed by atoms with E-state index in [2.05, 4.69) is 142 Å². The number of hydrogen-bond donors (Lipinski definition) is 13. The third-order valence-electron chi connectivity index (χ3n) is 8.79. The molecule has 0 aliphatic heterocycles. The second-order valence-corrected chi connectivity index (χ2v) is 17.3. The maximum atomic E-state index is 10.9. The fraction of sp³-hybridized carbons (Fsp3) is 0.388. The van der Waals surface area contributed by atoms with Crippen LogP contribution in [-0.4, -0.2) is 214 Å². The van der Waals surface area contributed by atoms with Crippen LogP contribution in [0.25, 0.3) is 11.9 Å². The Morgan fingerprint density at radius 2 is 0.980 bits per heavy atom. The summed E-state index contributed by atoms with van der Waals surface area (Å²) in [5.74, 6) is 22.9. The van der Waals surface area contributed by atoms with Crippen molar-refractivity contribution in [1.29, 1.82) is 15.8 Å². The maximum Gasteiger partial charge on any atom is 0.348 e. The number of rotatable bonds is 15. The Hall–Kier alpha value is -10.6. The summed E-state index contributed by atoms with van der Waals surface area (Å²) < 4.78 is 45.3. The van der Waals surface area contributed by atoms with Gasteiger partial charge in [-0.2, -0.15) is 100 Å². The van der Waals surface area contributed by atoms with E-state index in [1.54, 1.807) is 44.4 Å². The number of anilines is 5. The number of carbonyl (C=O) groups is 4. The van der Waals surface area contributed by atoms with Crippen LogP contribution in [0.1, 0.15) is 41.5 Å². The number of nitrogen functional groups attached to an aromatic ring is 5. The second-order valence-electron chi connectivity index (χ2n) is 15.6. The van der Waals surface area contributed by atoms with Crippen molar-refractivity contribution in [2.45, 2.75) is 40.1 Å². The van der Waals surface area contributed by atoms with E-state index in [-0.39, 0.29) is 99.0 Å². The molecule has 558 valence electrons. The lowest BCUT2D eigenvalue weighted by atomic mass is 10.3. The number of ketones is 1. The summed E-state index contributed by atoms with van der Waals surface area (Å²) in [7, 11) is 16.9. The van der Waals surface area contributed by atoms with E-state index in [1.165, 1.54) is 91.2 Å². The van der Waals surface area contributed by atoms with Crippen LogP contribution in [-0.2, 0) is 49.9 Å². The molecule has 0 unspecified atom stereocenters. The molecule has 7 rings (SSSR count). The minimum atomic E-state index is -0.725. The zero-order valence-electron chi connectivity index (χ0n) is 56.6. The Morgan fingerprint density at radius 1 is 0.604 bits per heavy atom. The van der Waals surface area contributed by atoms with Crippen LogP contribution in [0.4, 0.5) is 29.4 Å². The third kappa shape index (κ3) is 44.8. The standard InChI is InChI=1S/C12H15N9O.C6H9N3O2.C6H7NO3.C4H3Cl2N3O.C4H9N7O.C4H5NO2.C4H5NO.C4H10O3.C3Cl3N3.CH6N2.CH4O.H4N2/c1-6-4-8(13)20(18-6)10-15-11(17-12(16-10)22-3)21-9(14)5-7(2)19-21;1-9-5(7)4(3-8-9)6(10)11-2;1-10-6(9)5(4-7)2-3-8;1-10-4-8-2(5)7-3(6)9-4;1-12-4-8-2(10-5)7-3(9-4)11-6;1-7-4(6)2-3-5;1-4(6)2-3-5;1-5-4(6-2)7-3;4-1-7-2(5)9-3(6)8-1;1-3-2;2*1-2/h4-5H,13-14H2,1-3H3;3H,7H2,1-2H3;2,8H,3H2,1H3;1H3;5-6H2,1H3,(H2,7,8,9,10,11);2H2,1H3;2H2,1H3;4H,1-3H3;;3H,2H2,1H3;2H,1H3;1-2H2. The lowest BCUT2D eigenvalue weighted by Gasteiger charge is -2.08. The van der Waals surface area contributed by atoms with Crippen LogP contribution >= 0.6 is 58.0 Å². The van der Waals surface area contributed by atoms with Gasteiger partial charge < -0.3 is 70.0 Å². The smallest absolute Gasteiger partial charge is 0.348 e. The van der Waals surface area contributed by atoms with Gasteiger partial charge in [-0.15, -0.1) is 0 Å². The van der Waals surface area contributed by atoms with Gasteiger partial charge in [-0.1, -0.05) is 0 Å². The monoisotopic (exact) mass is 1530 g/mol. The highest BCUT2D eigenvalue weighted by molar-refractivity contribution is 6.33. The van der Waals surface area contributed by atoms with E-state index in [4.69, 9.17) is 122 Å². The zero-order valence-corrected chi connectivity index (χ0v) is 60.4. The van der Waals surface area contributed by atoms with Crippen LogP contribution in [0.2, 0.25) is 26.4 Å². The third-order valence-corrected chi connectivity index (χ3v) is 9.64. The van der Waals surface area contributed by atoms with Gasteiger partial charge in [0, 0.05) is 47.6 Å². The normalized spacial score (nSPS) is 9.22. The van der Waals surface area contributed by atoms with Crippen molar-refractivity contribution < 1.29 is 72.0 Å². The maximum absolute atomic E-state index is 10.9. The Balaban J connectivity index is -0.000000348. The molecule has 7 aromatic heterocycles. The van der Waals surface area contributed by atoms with Gasteiger partial charge in [0.25, 0.3) is 18.4 Å². The number of esters is 3. The number of nitrogens with zero attached hydrogens (tertiary/aromatic N) is 21. The molecule has 0 aromatic carbocycles. The molecule has 0 saturated carbocycles. The summed E-state index contributed by atoms with van der Waals surface area (Å²) in [6, 6.07) is 8.72. The topological polar surface area (TPSA) is 716 Å². The molecule has 0 saturated heterocycles. The first-order chi connectivity index (χ1) is 47.9. The molecule has 0 radical (unpaired) electrons. The minimum absolute atomic E-state index is 0.000000000000000444. The molecule has 7 aromatic rings. The lowest BCUT2D eigenvalue weighted by Crippen LogP contribution is -2.16. The number of nitrogens with two attached hydrogens (primary N) is 8. The number of hydrogen-bond acceptors (Lipinski definition) is 44. The number of nitriles is 3. The largest absolute Gasteiger partial charge is 0.468 e. The number of aromatic nitrogens is 18. The van der Waals surface area contributed by atoms with E-state index < -0.39 is 24.4 Å². The first kappa shape index (κ1) is 99.0. The molecule has 101 heavy (non-hydrogen) atoms. The number of methoxy groups -OCH3 is 9. The first-order valence-electron chi connectivity index (χ1n) is 26.2. The molecule has 0 atom stereocenters. The predicted octanol–water partition coefficient (Wildman–Crippen LogP) is -0.828. The van der Waals surface area contributed by atoms with Crippen molar-refractivity contribution in [3.05, 3.63) is 73.3 Å². The first-order valence-corrected chi connectivity index (χ1v) is 28.0. The molecule has 0 aliphatic carbocycles. The van der Waals surface area contributed by atoms with Gasteiger partial charge in [0.1, 0.15) is 46.9 Å². The Kier molecular flexibility index (Phi) is 59.4. The molecule has 7 heterocycles. The molecule has 47 nitrogen and oxygen atoms in total. The zero-order chi connectivity index (χ0) is 78.8. The summed E-state index contributed by atoms with van der Waals surface area (Å²) in [5, 5.41) is 51.4. The SMILES string of the molecule is CC(=O)CC#N.CNN.CO.COC(=O)C(C#N)=CCO.COC(=O)CC#N.COC(=O)c1cnn(C)c1N.COC(OC)OC.COc1nc(-n2nc(C)cc2N)nc(-n2nc(C)cc2N)n1.COc1nc(Cl)nc(Cl)n1.COc1nc(NN)nc(NN)n1.Clc1nc(Cl)nc(Cl)n1.NN. The van der Waals surface area contributed by atoms with E-state index in [0.717, 1.165) is 24.6 Å². The molecular weight excluding hydrogens is 1450 g/mol. The van der Waals surface area contributed by atoms with Gasteiger partial charge >= 0.3 is 35.9 Å². The molecule has 0 fully saturated rings. The van der Waals surface area contributed by atoms with Gasteiger partial charge in [0.2, 0.25) is 38.3 Å². The second kappa shape index (κ2) is 60.5. The molecule has 0 amide bonds. The summed E-state index contributed by atoms with van der Waals surface area (Å²) in [6.45, 7) is 4.18. The summed E-state index contributed by atoms with van der Waals surface area (Å²) in [6.07, 6.45) is 2.35. The van der Waals surface area contributed by atoms with Gasteiger partial charge in [-0.3, -0.25) is 48.1 Å². The fourth-order valence-corrected chi connectivity index (χ4v) is 5.84. The molecule has 52 heteroatoms. The highest BCUT2D eigenvalue weighted by atomic mass is 35.5. The van der Waals surface area contributed by atoms with Gasteiger partial charge in [-0.25, -0.2) is 21.3 Å². The van der Waals surface area contributed by atoms with Crippen molar-refractivity contribution >= 4 is 111 Å². The van der Waals surface area contributed by atoms with Crippen LogP contribution in [0.3, 0.4) is 0 Å². The van der Waals surface area contributed by atoms with Crippen molar-refractivity contribution in [1.82, 2.24) is 94.6 Å². The summed E-state index contributed by atoms with van der Waals surface area (Å²) in [4.78, 5) is 86.1. The number of nitrogens with one attached hydrogen (secondary N) is 3. The molecule has 0 aliphatic rings. The fourth-order valence-electron chi connectivity index (χ4n) is 4.88. The lowest BCUT2D eigenvalue weighted by molar-refractivity contribution is -0.252. The van der Waals surface area contributed by atoms with Gasteiger partial charge in [-0.05, 0) is 91.9 Å². The quantitative estimate of drug-likeness (QED) is 0.0113. The predicted molar refractivity (Wildman–Crippen MR) is 362 cm³/mol. The number of aliphatic hydroxyl groups is 2. The van der Waals surface area contributed by atoms with Crippen molar-refractivity contribution in [2.24, 2.45) is 36.3 Å². The summed E-state index contributed by atoms with van der Waals surface area (Å²) in [5.41, 5.74) is 25.6. The molecule has 0 bridgehead atoms. The van der Waals surface area contributed by atoms with E-state index >= 15 is 0 Å².